The number of hydrogen-bond donors (Lipinski definition) is 2. The molecule has 16 heavy (non-hydrogen) atoms. The monoisotopic (exact) mass is 227 g/mol. The normalized spacial score (nSPS) is 14.4. The van der Waals surface area contributed by atoms with Crippen molar-refractivity contribution in [1.29, 1.82) is 0 Å². The number of rotatable bonds is 4. The van der Waals surface area contributed by atoms with Crippen molar-refractivity contribution in [2.24, 2.45) is 5.84 Å². The van der Waals surface area contributed by atoms with E-state index >= 15 is 0 Å². The first-order valence-electron chi connectivity index (χ1n) is 4.22. The van der Waals surface area contributed by atoms with Gasteiger partial charge in [0.15, 0.2) is 0 Å². The van der Waals surface area contributed by atoms with Gasteiger partial charge in [0.2, 0.25) is 0 Å². The summed E-state index contributed by atoms with van der Waals surface area (Å²) >= 11 is 0. The molecule has 86 valence electrons. The Morgan fingerprint density at radius 2 is 1.81 bits per heavy atom. The molecule has 8 nitrogen and oxygen atoms in total. The van der Waals surface area contributed by atoms with E-state index in [1.807, 2.05) is 0 Å². The zero-order valence-electron chi connectivity index (χ0n) is 8.12. The van der Waals surface area contributed by atoms with Crippen molar-refractivity contribution in [3.63, 3.8) is 0 Å². The summed E-state index contributed by atoms with van der Waals surface area (Å²) in [5.74, 6) is 1.76. The summed E-state index contributed by atoms with van der Waals surface area (Å²) in [5, 5.41) is 8.80. The highest BCUT2D eigenvalue weighted by molar-refractivity contribution is 6.14. The summed E-state index contributed by atoms with van der Waals surface area (Å²) in [6, 6.07) is 0. The van der Waals surface area contributed by atoms with E-state index in [9.17, 15) is 19.2 Å². The van der Waals surface area contributed by atoms with Gasteiger partial charge in [0, 0.05) is 12.2 Å². The Bertz CT molecular complexity index is 371. The van der Waals surface area contributed by atoms with Crippen molar-refractivity contribution in [3.05, 3.63) is 12.2 Å². The Morgan fingerprint density at radius 1 is 1.31 bits per heavy atom. The first kappa shape index (κ1) is 11.9. The van der Waals surface area contributed by atoms with Crippen molar-refractivity contribution in [1.82, 2.24) is 9.91 Å². The average Bonchev–Trinajstić information content (AvgIpc) is 2.48. The lowest BCUT2D eigenvalue weighted by Gasteiger charge is -2.18. The lowest BCUT2D eigenvalue weighted by Crippen LogP contribution is -2.47. The molecule has 0 atom stereocenters. The van der Waals surface area contributed by atoms with Gasteiger partial charge >= 0.3 is 5.97 Å². The maximum Gasteiger partial charge on any atom is 0.324 e. The molecule has 1 rings (SSSR count). The van der Waals surface area contributed by atoms with E-state index in [-0.39, 0.29) is 0 Å². The molecule has 0 saturated heterocycles. The molecule has 1 aliphatic rings. The van der Waals surface area contributed by atoms with Crippen molar-refractivity contribution >= 4 is 23.7 Å². The number of carbonyl (C=O) groups excluding carboxylic acids is 3. The fourth-order valence-electron chi connectivity index (χ4n) is 1.05. The van der Waals surface area contributed by atoms with Crippen LogP contribution in [0.3, 0.4) is 0 Å². The maximum absolute atomic E-state index is 11.3. The van der Waals surface area contributed by atoms with Crippen LogP contribution >= 0.6 is 0 Å². The number of aliphatic carboxylic acids is 1. The van der Waals surface area contributed by atoms with Gasteiger partial charge in [-0.3, -0.25) is 29.1 Å². The number of hydrazine groups is 1. The summed E-state index contributed by atoms with van der Waals surface area (Å²) in [6.45, 7) is -1.25. The van der Waals surface area contributed by atoms with E-state index in [1.54, 1.807) is 0 Å². The number of nitrogens with zero attached hydrogens (tertiary/aromatic N) is 2. The van der Waals surface area contributed by atoms with Gasteiger partial charge in [-0.15, -0.1) is 0 Å². The van der Waals surface area contributed by atoms with Crippen LogP contribution in [0.4, 0.5) is 0 Å². The molecule has 8 heteroatoms. The molecular formula is C8H9N3O5. The first-order chi connectivity index (χ1) is 7.41. The van der Waals surface area contributed by atoms with Crippen LogP contribution in [-0.4, -0.2) is 51.8 Å². The van der Waals surface area contributed by atoms with Crippen LogP contribution in [0.15, 0.2) is 12.2 Å². The molecule has 0 fully saturated rings. The molecule has 0 aromatic carbocycles. The summed E-state index contributed by atoms with van der Waals surface area (Å²) in [4.78, 5) is 44.3. The first-order valence-corrected chi connectivity index (χ1v) is 4.22. The molecule has 0 unspecified atom stereocenters. The third-order valence-electron chi connectivity index (χ3n) is 1.82. The van der Waals surface area contributed by atoms with E-state index in [0.717, 1.165) is 12.2 Å². The number of nitrogens with two attached hydrogens (primary N) is 1. The third kappa shape index (κ3) is 2.64. The van der Waals surface area contributed by atoms with Crippen LogP contribution in [-0.2, 0) is 19.2 Å². The van der Waals surface area contributed by atoms with Gasteiger partial charge in [-0.1, -0.05) is 0 Å². The van der Waals surface area contributed by atoms with E-state index in [1.165, 1.54) is 0 Å². The second-order valence-electron chi connectivity index (χ2n) is 3.01. The summed E-state index contributed by atoms with van der Waals surface area (Å²) in [7, 11) is 0. The third-order valence-corrected chi connectivity index (χ3v) is 1.82. The molecular weight excluding hydrogens is 218 g/mol. The molecule has 0 bridgehead atoms. The molecule has 3 N–H and O–H groups in total. The van der Waals surface area contributed by atoms with Crippen molar-refractivity contribution < 1.29 is 24.3 Å². The minimum Gasteiger partial charge on any atom is -0.480 e. The number of hydrogen-bond acceptors (Lipinski definition) is 5. The van der Waals surface area contributed by atoms with E-state index in [0.29, 0.717) is 9.91 Å². The molecule has 0 saturated carbocycles. The minimum absolute atomic E-state index is 0.432. The van der Waals surface area contributed by atoms with E-state index in [4.69, 9.17) is 10.9 Å². The van der Waals surface area contributed by atoms with Crippen LogP contribution in [0.2, 0.25) is 0 Å². The Morgan fingerprint density at radius 3 is 2.25 bits per heavy atom. The summed E-state index contributed by atoms with van der Waals surface area (Å²) < 4.78 is 0. The van der Waals surface area contributed by atoms with Crippen LogP contribution < -0.4 is 5.84 Å². The summed E-state index contributed by atoms with van der Waals surface area (Å²) in [6.07, 6.45) is 2.04. The van der Waals surface area contributed by atoms with Crippen LogP contribution in [0.25, 0.3) is 0 Å². The fraction of sp³-hybridized carbons (Fsp3) is 0.250. The van der Waals surface area contributed by atoms with Gasteiger partial charge in [-0.2, -0.15) is 0 Å². The average molecular weight is 227 g/mol. The Kier molecular flexibility index (Phi) is 3.36. The minimum atomic E-state index is -1.28. The number of amides is 3. The lowest BCUT2D eigenvalue weighted by molar-refractivity contribution is -0.148. The Balaban J connectivity index is 2.55. The smallest absolute Gasteiger partial charge is 0.324 e. The van der Waals surface area contributed by atoms with Crippen LogP contribution in [0.5, 0.6) is 0 Å². The van der Waals surface area contributed by atoms with Gasteiger partial charge in [0.05, 0.1) is 0 Å². The van der Waals surface area contributed by atoms with E-state index < -0.39 is 36.8 Å². The second-order valence-corrected chi connectivity index (χ2v) is 3.01. The molecule has 0 aromatic rings. The standard InChI is InChI=1S/C8H9N3O5/c9-11(4-8(15)16)7(14)3-10-5(12)1-2-6(10)13/h1-2H,3-4,9H2,(H,15,16). The Labute approximate surface area is 89.9 Å². The SMILES string of the molecule is NN(CC(=O)O)C(=O)CN1C(=O)C=CC1=O. The van der Waals surface area contributed by atoms with Gasteiger partial charge in [-0.25, -0.2) is 5.84 Å². The number of imide groups is 1. The van der Waals surface area contributed by atoms with Crippen LogP contribution in [0, 0.1) is 0 Å². The van der Waals surface area contributed by atoms with Crippen LogP contribution in [0.1, 0.15) is 0 Å². The molecule has 0 radical (unpaired) electrons. The number of carboxylic acids is 1. The lowest BCUT2D eigenvalue weighted by atomic mass is 10.4. The van der Waals surface area contributed by atoms with Gasteiger partial charge in [0.25, 0.3) is 17.7 Å². The molecule has 0 aromatic heterocycles. The molecule has 0 spiro atoms. The molecule has 1 aliphatic heterocycles. The van der Waals surface area contributed by atoms with Gasteiger partial charge < -0.3 is 5.11 Å². The predicted molar refractivity (Wildman–Crippen MR) is 49.4 cm³/mol. The maximum atomic E-state index is 11.3. The number of carboxylic acid groups (broad SMARTS) is 1. The highest BCUT2D eigenvalue weighted by Gasteiger charge is 2.27. The highest BCUT2D eigenvalue weighted by atomic mass is 16.4. The predicted octanol–water partition coefficient (Wildman–Crippen LogP) is -2.30. The largest absolute Gasteiger partial charge is 0.480 e. The van der Waals surface area contributed by atoms with Crippen molar-refractivity contribution in [2.45, 2.75) is 0 Å². The zero-order chi connectivity index (χ0) is 12.3. The van der Waals surface area contributed by atoms with E-state index in [2.05, 4.69) is 0 Å². The topological polar surface area (TPSA) is 121 Å². The quantitative estimate of drug-likeness (QED) is 0.241. The molecule has 1 heterocycles. The highest BCUT2D eigenvalue weighted by Crippen LogP contribution is 2.03. The summed E-state index contributed by atoms with van der Waals surface area (Å²) in [5.41, 5.74) is 0. The zero-order valence-corrected chi connectivity index (χ0v) is 8.12. The Hall–Kier alpha value is -2.22. The van der Waals surface area contributed by atoms with Gasteiger partial charge in [-0.05, 0) is 0 Å². The fourth-order valence-corrected chi connectivity index (χ4v) is 1.05. The van der Waals surface area contributed by atoms with Crippen molar-refractivity contribution in [3.8, 4) is 0 Å². The second kappa shape index (κ2) is 4.53. The molecule has 3 amide bonds. The van der Waals surface area contributed by atoms with Crippen molar-refractivity contribution in [2.75, 3.05) is 13.1 Å². The number of carbonyl (C=O) groups is 4. The molecule has 0 aliphatic carbocycles. The van der Waals surface area contributed by atoms with Gasteiger partial charge in [0.1, 0.15) is 13.1 Å².